The molecular weight excluding hydrogens is 208 g/mol. The zero-order valence-electron chi connectivity index (χ0n) is 11.2. The molecule has 1 aromatic rings. The first-order chi connectivity index (χ1) is 8.15. The van der Waals surface area contributed by atoms with Gasteiger partial charge in [-0.1, -0.05) is 38.1 Å². The number of likely N-dealkylation sites (tertiary alicyclic amines) is 1. The van der Waals surface area contributed by atoms with Crippen molar-refractivity contribution < 1.29 is 0 Å². The Hall–Kier alpha value is -0.860. The summed E-state index contributed by atoms with van der Waals surface area (Å²) >= 11 is 0. The maximum absolute atomic E-state index is 3.48. The van der Waals surface area contributed by atoms with Crippen LogP contribution >= 0.6 is 0 Å². The van der Waals surface area contributed by atoms with Crippen LogP contribution in [0.1, 0.15) is 37.3 Å². The van der Waals surface area contributed by atoms with E-state index in [9.17, 15) is 0 Å². The molecule has 2 nitrogen and oxygen atoms in total. The molecule has 2 rings (SSSR count). The van der Waals surface area contributed by atoms with E-state index < -0.39 is 0 Å². The lowest BCUT2D eigenvalue weighted by atomic mass is 9.96. The summed E-state index contributed by atoms with van der Waals surface area (Å²) < 4.78 is 0. The highest BCUT2D eigenvalue weighted by molar-refractivity contribution is 5.27. The number of hydrogen-bond acceptors (Lipinski definition) is 2. The van der Waals surface area contributed by atoms with Gasteiger partial charge in [0.05, 0.1) is 0 Å². The van der Waals surface area contributed by atoms with Crippen molar-refractivity contribution >= 4 is 0 Å². The molecule has 1 fully saturated rings. The number of hydrogen-bond donors (Lipinski definition) is 1. The van der Waals surface area contributed by atoms with E-state index in [1.54, 1.807) is 0 Å². The Balaban J connectivity index is 2.01. The Bertz CT molecular complexity index is 360. The molecule has 1 aromatic carbocycles. The van der Waals surface area contributed by atoms with Gasteiger partial charge in [0.15, 0.2) is 0 Å². The van der Waals surface area contributed by atoms with Crippen molar-refractivity contribution in [3.05, 3.63) is 35.4 Å². The monoisotopic (exact) mass is 232 g/mol. The van der Waals surface area contributed by atoms with Gasteiger partial charge in [0.1, 0.15) is 0 Å². The second-order valence-electron chi connectivity index (χ2n) is 5.53. The van der Waals surface area contributed by atoms with Crippen LogP contribution in [-0.4, -0.2) is 31.1 Å². The lowest BCUT2D eigenvalue weighted by molar-refractivity contribution is 0.411. The third-order valence-electron chi connectivity index (χ3n) is 3.53. The number of nitrogens with zero attached hydrogens (tertiary/aromatic N) is 1. The predicted molar refractivity (Wildman–Crippen MR) is 73.3 cm³/mol. The normalized spacial score (nSPS) is 21.3. The maximum Gasteiger partial charge on any atom is 0.0207 e. The summed E-state index contributed by atoms with van der Waals surface area (Å²) in [6, 6.07) is 9.63. The van der Waals surface area contributed by atoms with Crippen LogP contribution in [0.2, 0.25) is 0 Å². The third-order valence-corrected chi connectivity index (χ3v) is 3.53. The van der Waals surface area contributed by atoms with Crippen molar-refractivity contribution in [3.63, 3.8) is 0 Å². The van der Waals surface area contributed by atoms with Crippen LogP contribution in [0.25, 0.3) is 0 Å². The molecule has 1 unspecified atom stereocenters. The van der Waals surface area contributed by atoms with Gasteiger partial charge in [-0.2, -0.15) is 0 Å². The van der Waals surface area contributed by atoms with Crippen LogP contribution in [0.3, 0.4) is 0 Å². The van der Waals surface area contributed by atoms with Crippen LogP contribution < -0.4 is 5.32 Å². The number of rotatable bonds is 4. The van der Waals surface area contributed by atoms with Crippen LogP contribution in [0.15, 0.2) is 24.3 Å². The third kappa shape index (κ3) is 3.55. The van der Waals surface area contributed by atoms with Gasteiger partial charge < -0.3 is 10.2 Å². The van der Waals surface area contributed by atoms with Gasteiger partial charge in [0.25, 0.3) is 0 Å². The highest BCUT2D eigenvalue weighted by atomic mass is 15.1. The van der Waals surface area contributed by atoms with Crippen molar-refractivity contribution in [2.24, 2.45) is 0 Å². The first-order valence-electron chi connectivity index (χ1n) is 6.66. The summed E-state index contributed by atoms with van der Waals surface area (Å²) in [6.07, 6.45) is 1.30. The molecule has 0 aliphatic carbocycles. The molecule has 2 heteroatoms. The van der Waals surface area contributed by atoms with Crippen molar-refractivity contribution in [2.75, 3.05) is 20.1 Å². The lowest BCUT2D eigenvalue weighted by Crippen LogP contribution is -2.21. The number of likely N-dealkylation sites (N-methyl/N-ethyl adjacent to an activating group) is 1. The minimum atomic E-state index is 0.552. The van der Waals surface area contributed by atoms with Gasteiger partial charge in [-0.15, -0.1) is 0 Å². The first-order valence-corrected chi connectivity index (χ1v) is 6.66. The van der Waals surface area contributed by atoms with Gasteiger partial charge in [-0.05, 0) is 37.1 Å². The van der Waals surface area contributed by atoms with Crippen molar-refractivity contribution in [1.82, 2.24) is 10.2 Å². The average Bonchev–Trinajstić information content (AvgIpc) is 2.74. The van der Waals surface area contributed by atoms with Gasteiger partial charge in [0.2, 0.25) is 0 Å². The Labute approximate surface area is 105 Å². The van der Waals surface area contributed by atoms with E-state index in [1.165, 1.54) is 30.6 Å². The molecule has 0 aromatic heterocycles. The average molecular weight is 232 g/mol. The van der Waals surface area contributed by atoms with E-state index in [0.717, 1.165) is 12.5 Å². The first kappa shape index (κ1) is 12.6. The molecule has 17 heavy (non-hydrogen) atoms. The van der Waals surface area contributed by atoms with Crippen LogP contribution in [0.5, 0.6) is 0 Å². The number of nitrogens with one attached hydrogen (secondary N) is 1. The van der Waals surface area contributed by atoms with Gasteiger partial charge in [-0.3, -0.25) is 0 Å². The lowest BCUT2D eigenvalue weighted by Gasteiger charge is -2.13. The molecule has 1 aliphatic heterocycles. The molecule has 1 heterocycles. The largest absolute Gasteiger partial charge is 0.310 e. The highest BCUT2D eigenvalue weighted by Crippen LogP contribution is 2.26. The standard InChI is InChI=1S/C15H24N2/c1-12(2)16-10-13-5-4-6-14(9-13)15-7-8-17(3)11-15/h4-6,9,12,15-16H,7-8,10-11H2,1-3H3. The highest BCUT2D eigenvalue weighted by Gasteiger charge is 2.20. The molecule has 0 amide bonds. The molecule has 1 atom stereocenters. The van der Waals surface area contributed by atoms with Crippen LogP contribution in [0.4, 0.5) is 0 Å². The van der Waals surface area contributed by atoms with E-state index in [0.29, 0.717) is 6.04 Å². The quantitative estimate of drug-likeness (QED) is 0.858. The Morgan fingerprint density at radius 1 is 1.41 bits per heavy atom. The summed E-state index contributed by atoms with van der Waals surface area (Å²) in [5.74, 6) is 0.735. The maximum atomic E-state index is 3.48. The fraction of sp³-hybridized carbons (Fsp3) is 0.600. The van der Waals surface area contributed by atoms with Crippen molar-refractivity contribution in [3.8, 4) is 0 Å². The Morgan fingerprint density at radius 2 is 2.24 bits per heavy atom. The predicted octanol–water partition coefficient (Wildman–Crippen LogP) is 2.60. The van der Waals surface area contributed by atoms with Crippen molar-refractivity contribution in [2.45, 2.75) is 38.8 Å². The molecular formula is C15H24N2. The van der Waals surface area contributed by atoms with Gasteiger partial charge >= 0.3 is 0 Å². The molecule has 1 aliphatic rings. The molecule has 0 saturated carbocycles. The number of benzene rings is 1. The fourth-order valence-corrected chi connectivity index (χ4v) is 2.49. The zero-order valence-corrected chi connectivity index (χ0v) is 11.2. The van der Waals surface area contributed by atoms with E-state index in [2.05, 4.69) is 55.4 Å². The second-order valence-corrected chi connectivity index (χ2v) is 5.53. The zero-order chi connectivity index (χ0) is 12.3. The van der Waals surface area contributed by atoms with E-state index in [4.69, 9.17) is 0 Å². The second kappa shape index (κ2) is 5.65. The molecule has 94 valence electrons. The molecule has 1 saturated heterocycles. The summed E-state index contributed by atoms with van der Waals surface area (Å²) in [5.41, 5.74) is 2.92. The minimum absolute atomic E-state index is 0.552. The Morgan fingerprint density at radius 3 is 2.88 bits per heavy atom. The summed E-state index contributed by atoms with van der Waals surface area (Å²) in [7, 11) is 2.21. The summed E-state index contributed by atoms with van der Waals surface area (Å²) in [4.78, 5) is 2.42. The summed E-state index contributed by atoms with van der Waals surface area (Å²) in [6.45, 7) is 7.81. The van der Waals surface area contributed by atoms with E-state index in [1.807, 2.05) is 0 Å². The van der Waals surface area contributed by atoms with Crippen molar-refractivity contribution in [1.29, 1.82) is 0 Å². The molecule has 1 N–H and O–H groups in total. The van der Waals surface area contributed by atoms with Crippen LogP contribution in [-0.2, 0) is 6.54 Å². The molecule has 0 radical (unpaired) electrons. The van der Waals surface area contributed by atoms with E-state index >= 15 is 0 Å². The SMILES string of the molecule is CC(C)NCc1cccc(C2CCN(C)C2)c1. The van der Waals surface area contributed by atoms with Gasteiger partial charge in [0, 0.05) is 19.1 Å². The topological polar surface area (TPSA) is 15.3 Å². The summed E-state index contributed by atoms with van der Waals surface area (Å²) in [5, 5.41) is 3.48. The fourth-order valence-electron chi connectivity index (χ4n) is 2.49. The minimum Gasteiger partial charge on any atom is -0.310 e. The Kier molecular flexibility index (Phi) is 4.19. The smallest absolute Gasteiger partial charge is 0.0207 e. The van der Waals surface area contributed by atoms with Crippen LogP contribution in [0, 0.1) is 0 Å². The molecule has 0 spiro atoms. The van der Waals surface area contributed by atoms with E-state index in [-0.39, 0.29) is 0 Å². The van der Waals surface area contributed by atoms with Gasteiger partial charge in [-0.25, -0.2) is 0 Å². The molecule has 0 bridgehead atoms.